The molecule has 0 aromatic heterocycles. The number of hydrogen-bond acceptors (Lipinski definition) is 2. The van der Waals surface area contributed by atoms with E-state index in [1.807, 2.05) is 6.08 Å². The Morgan fingerprint density at radius 2 is 1.60 bits per heavy atom. The van der Waals surface area contributed by atoms with Crippen LogP contribution in [0.3, 0.4) is 0 Å². The standard InChI is InChI=1S/C16H19BrO2S/c1-16(2,3)12-4-8-14(9-5-12)20(18,19)15-10-6-13(17)7-11-15/h4,6-8,10-11H,5,9H2,1-3H3. The lowest BCUT2D eigenvalue weighted by molar-refractivity contribution is 0.480. The van der Waals surface area contributed by atoms with Crippen molar-refractivity contribution in [1.29, 1.82) is 0 Å². The number of allylic oxidation sites excluding steroid dienone is 4. The third-order valence-electron chi connectivity index (χ3n) is 3.54. The minimum atomic E-state index is -3.35. The Morgan fingerprint density at radius 3 is 2.05 bits per heavy atom. The number of rotatable bonds is 2. The Labute approximate surface area is 129 Å². The maximum absolute atomic E-state index is 12.5. The van der Waals surface area contributed by atoms with Crippen molar-refractivity contribution >= 4 is 25.8 Å². The van der Waals surface area contributed by atoms with E-state index in [2.05, 4.69) is 36.7 Å². The third-order valence-corrected chi connectivity index (χ3v) is 6.00. The topological polar surface area (TPSA) is 34.1 Å². The second kappa shape index (κ2) is 5.49. The Hall–Kier alpha value is -0.870. The Kier molecular flexibility index (Phi) is 4.26. The molecule has 1 aliphatic rings. The van der Waals surface area contributed by atoms with Gasteiger partial charge >= 0.3 is 0 Å². The molecule has 0 N–H and O–H groups in total. The van der Waals surface area contributed by atoms with Crippen LogP contribution in [-0.2, 0) is 9.84 Å². The van der Waals surface area contributed by atoms with Gasteiger partial charge in [0, 0.05) is 9.38 Å². The second-order valence-electron chi connectivity index (χ2n) is 6.03. The molecule has 0 unspecified atom stereocenters. The van der Waals surface area contributed by atoms with E-state index in [1.165, 1.54) is 5.57 Å². The van der Waals surface area contributed by atoms with Crippen molar-refractivity contribution in [1.82, 2.24) is 0 Å². The summed E-state index contributed by atoms with van der Waals surface area (Å²) >= 11 is 3.32. The lowest BCUT2D eigenvalue weighted by Gasteiger charge is -2.25. The highest BCUT2D eigenvalue weighted by Gasteiger charge is 2.25. The van der Waals surface area contributed by atoms with Crippen LogP contribution in [0.4, 0.5) is 0 Å². The molecule has 0 fully saturated rings. The fraction of sp³-hybridized carbons (Fsp3) is 0.375. The lowest BCUT2D eigenvalue weighted by Crippen LogP contribution is -2.14. The molecule has 1 aromatic carbocycles. The van der Waals surface area contributed by atoms with Gasteiger partial charge < -0.3 is 0 Å². The smallest absolute Gasteiger partial charge is 0.202 e. The monoisotopic (exact) mass is 354 g/mol. The van der Waals surface area contributed by atoms with Crippen molar-refractivity contribution in [3.63, 3.8) is 0 Å². The highest BCUT2D eigenvalue weighted by atomic mass is 79.9. The quantitative estimate of drug-likeness (QED) is 0.758. The van der Waals surface area contributed by atoms with Crippen LogP contribution in [-0.4, -0.2) is 8.42 Å². The number of hydrogen-bond donors (Lipinski definition) is 0. The summed E-state index contributed by atoms with van der Waals surface area (Å²) < 4.78 is 26.0. The molecule has 0 bridgehead atoms. The van der Waals surface area contributed by atoms with E-state index in [0.717, 1.165) is 10.9 Å². The zero-order valence-electron chi connectivity index (χ0n) is 12.0. The number of benzene rings is 1. The summed E-state index contributed by atoms with van der Waals surface area (Å²) in [6.45, 7) is 6.46. The van der Waals surface area contributed by atoms with Gasteiger partial charge in [0.15, 0.2) is 0 Å². The molecule has 0 aliphatic heterocycles. The first-order valence-electron chi connectivity index (χ1n) is 6.62. The average Bonchev–Trinajstić information content (AvgIpc) is 2.38. The van der Waals surface area contributed by atoms with Crippen molar-refractivity contribution in [2.75, 3.05) is 0 Å². The van der Waals surface area contributed by atoms with E-state index in [9.17, 15) is 8.42 Å². The fourth-order valence-corrected chi connectivity index (χ4v) is 3.91. The molecular weight excluding hydrogens is 336 g/mol. The average molecular weight is 355 g/mol. The first kappa shape index (κ1) is 15.5. The number of sulfone groups is 1. The molecule has 1 aromatic rings. The first-order chi connectivity index (χ1) is 9.21. The van der Waals surface area contributed by atoms with Crippen LogP contribution < -0.4 is 0 Å². The minimum Gasteiger partial charge on any atom is -0.219 e. The molecule has 0 spiro atoms. The summed E-state index contributed by atoms with van der Waals surface area (Å²) in [5.74, 6) is 0. The number of halogens is 1. The molecule has 0 atom stereocenters. The molecule has 2 nitrogen and oxygen atoms in total. The first-order valence-corrected chi connectivity index (χ1v) is 8.90. The normalized spacial score (nSPS) is 16.6. The molecule has 0 saturated carbocycles. The van der Waals surface area contributed by atoms with Crippen LogP contribution in [0.5, 0.6) is 0 Å². The van der Waals surface area contributed by atoms with Crippen LogP contribution >= 0.6 is 15.9 Å². The summed E-state index contributed by atoms with van der Waals surface area (Å²) in [4.78, 5) is 0.868. The Morgan fingerprint density at radius 1 is 1.00 bits per heavy atom. The van der Waals surface area contributed by atoms with Gasteiger partial charge in [0.1, 0.15) is 0 Å². The molecule has 4 heteroatoms. The van der Waals surface area contributed by atoms with Crippen LogP contribution in [0.1, 0.15) is 33.6 Å². The van der Waals surface area contributed by atoms with E-state index < -0.39 is 9.84 Å². The zero-order chi connectivity index (χ0) is 15.0. The third kappa shape index (κ3) is 3.23. The maximum Gasteiger partial charge on any atom is 0.202 e. The SMILES string of the molecule is CC(C)(C)C1=CC=C(S(=O)(=O)c2ccc(Br)cc2)CC1. The van der Waals surface area contributed by atoms with E-state index in [1.54, 1.807) is 30.3 Å². The highest BCUT2D eigenvalue weighted by Crippen LogP contribution is 2.35. The molecule has 0 saturated heterocycles. The fourth-order valence-electron chi connectivity index (χ4n) is 2.23. The predicted molar refractivity (Wildman–Crippen MR) is 86.2 cm³/mol. The molecule has 0 radical (unpaired) electrons. The van der Waals surface area contributed by atoms with Crippen LogP contribution in [0.25, 0.3) is 0 Å². The molecule has 0 heterocycles. The van der Waals surface area contributed by atoms with E-state index >= 15 is 0 Å². The molecule has 20 heavy (non-hydrogen) atoms. The summed E-state index contributed by atoms with van der Waals surface area (Å²) in [5.41, 5.74) is 1.40. The van der Waals surface area contributed by atoms with Gasteiger partial charge in [-0.25, -0.2) is 8.42 Å². The summed E-state index contributed by atoms with van der Waals surface area (Å²) in [5, 5.41) is 0. The summed E-state index contributed by atoms with van der Waals surface area (Å²) in [6.07, 6.45) is 5.13. The summed E-state index contributed by atoms with van der Waals surface area (Å²) in [7, 11) is -3.35. The summed E-state index contributed by atoms with van der Waals surface area (Å²) in [6, 6.07) is 6.80. The molecular formula is C16H19BrO2S. The van der Waals surface area contributed by atoms with Gasteiger partial charge in [0.2, 0.25) is 9.84 Å². The van der Waals surface area contributed by atoms with Gasteiger partial charge in [-0.15, -0.1) is 0 Å². The van der Waals surface area contributed by atoms with E-state index in [-0.39, 0.29) is 5.41 Å². The van der Waals surface area contributed by atoms with Gasteiger partial charge in [0.25, 0.3) is 0 Å². The van der Waals surface area contributed by atoms with Crippen molar-refractivity contribution in [3.8, 4) is 0 Å². The van der Waals surface area contributed by atoms with Crippen molar-refractivity contribution < 1.29 is 8.42 Å². The molecule has 1 aliphatic carbocycles. The largest absolute Gasteiger partial charge is 0.219 e. The Bertz CT molecular complexity index is 659. The predicted octanol–water partition coefficient (Wildman–Crippen LogP) is 4.87. The zero-order valence-corrected chi connectivity index (χ0v) is 14.4. The van der Waals surface area contributed by atoms with Crippen LogP contribution in [0, 0.1) is 5.41 Å². The van der Waals surface area contributed by atoms with Crippen LogP contribution in [0.15, 0.2) is 56.3 Å². The van der Waals surface area contributed by atoms with Gasteiger partial charge in [-0.3, -0.25) is 0 Å². The van der Waals surface area contributed by atoms with Gasteiger partial charge in [-0.05, 0) is 48.6 Å². The lowest BCUT2D eigenvalue weighted by atomic mass is 9.82. The molecule has 108 valence electrons. The second-order valence-corrected chi connectivity index (χ2v) is 8.95. The van der Waals surface area contributed by atoms with Crippen molar-refractivity contribution in [2.45, 2.75) is 38.5 Å². The van der Waals surface area contributed by atoms with Crippen molar-refractivity contribution in [2.24, 2.45) is 5.41 Å². The van der Waals surface area contributed by atoms with E-state index in [0.29, 0.717) is 16.2 Å². The minimum absolute atomic E-state index is 0.101. The van der Waals surface area contributed by atoms with Crippen molar-refractivity contribution in [3.05, 3.63) is 51.4 Å². The maximum atomic E-state index is 12.5. The Balaban J connectivity index is 2.35. The highest BCUT2D eigenvalue weighted by molar-refractivity contribution is 9.10. The molecule has 2 rings (SSSR count). The van der Waals surface area contributed by atoms with Gasteiger partial charge in [-0.1, -0.05) is 48.4 Å². The molecule has 0 amide bonds. The van der Waals surface area contributed by atoms with Crippen LogP contribution in [0.2, 0.25) is 0 Å². The van der Waals surface area contributed by atoms with Gasteiger partial charge in [0.05, 0.1) is 4.90 Å². The van der Waals surface area contributed by atoms with Gasteiger partial charge in [-0.2, -0.15) is 0 Å². The van der Waals surface area contributed by atoms with E-state index in [4.69, 9.17) is 0 Å².